The number of nitriles is 1. The van der Waals surface area contributed by atoms with Crippen molar-refractivity contribution in [3.05, 3.63) is 22.2 Å². The standard InChI is InChI=1S/C10H12N4O5/c11-1-4-2-14(10(18)13-8(4)12)9-7(17)6(16)5(3-15)19-9/h2,5-7,9,15-17H,3H2,(H2,12,13,18)/t5-,6-,7-,9-/m1/s1. The lowest BCUT2D eigenvalue weighted by Gasteiger charge is -2.17. The van der Waals surface area contributed by atoms with E-state index in [1.165, 1.54) is 0 Å². The number of aliphatic hydroxyl groups is 3. The van der Waals surface area contributed by atoms with Crippen molar-refractivity contribution < 1.29 is 20.1 Å². The number of nitrogen functional groups attached to an aromatic ring is 1. The second-order valence-electron chi connectivity index (χ2n) is 4.07. The van der Waals surface area contributed by atoms with Crippen LogP contribution in [0.1, 0.15) is 11.8 Å². The molecule has 19 heavy (non-hydrogen) atoms. The molecule has 1 saturated heterocycles. The molecule has 9 heteroatoms. The second-order valence-corrected chi connectivity index (χ2v) is 4.07. The normalized spacial score (nSPS) is 30.2. The largest absolute Gasteiger partial charge is 0.394 e. The summed E-state index contributed by atoms with van der Waals surface area (Å²) in [5.74, 6) is -0.226. The Balaban J connectivity index is 2.44. The maximum atomic E-state index is 11.7. The lowest BCUT2D eigenvalue weighted by Crippen LogP contribution is -2.36. The van der Waals surface area contributed by atoms with Gasteiger partial charge in [-0.2, -0.15) is 10.2 Å². The molecular weight excluding hydrogens is 256 g/mol. The molecule has 0 bridgehead atoms. The Labute approximate surface area is 107 Å². The summed E-state index contributed by atoms with van der Waals surface area (Å²) in [6.07, 6.45) is -3.93. The highest BCUT2D eigenvalue weighted by Gasteiger charge is 2.43. The van der Waals surface area contributed by atoms with Gasteiger partial charge in [-0.05, 0) is 0 Å². The van der Waals surface area contributed by atoms with Crippen molar-refractivity contribution in [2.45, 2.75) is 24.5 Å². The van der Waals surface area contributed by atoms with Crippen LogP contribution in [-0.4, -0.2) is 49.8 Å². The van der Waals surface area contributed by atoms with Crippen LogP contribution < -0.4 is 11.4 Å². The number of hydrogen-bond donors (Lipinski definition) is 4. The fourth-order valence-electron chi connectivity index (χ4n) is 1.86. The van der Waals surface area contributed by atoms with Crippen LogP contribution >= 0.6 is 0 Å². The van der Waals surface area contributed by atoms with Gasteiger partial charge < -0.3 is 25.8 Å². The van der Waals surface area contributed by atoms with Crippen LogP contribution in [0.25, 0.3) is 0 Å². The minimum Gasteiger partial charge on any atom is -0.394 e. The van der Waals surface area contributed by atoms with Crippen LogP contribution in [0.15, 0.2) is 11.0 Å². The molecular formula is C10H12N4O5. The summed E-state index contributed by atoms with van der Waals surface area (Å²) < 4.78 is 6.02. The number of anilines is 1. The van der Waals surface area contributed by atoms with Crippen molar-refractivity contribution in [2.24, 2.45) is 0 Å². The first-order chi connectivity index (χ1) is 8.99. The first-order valence-electron chi connectivity index (χ1n) is 5.40. The van der Waals surface area contributed by atoms with E-state index in [0.717, 1.165) is 10.8 Å². The Bertz CT molecular complexity index is 580. The van der Waals surface area contributed by atoms with Crippen molar-refractivity contribution in [2.75, 3.05) is 12.3 Å². The molecule has 1 aliphatic rings. The molecule has 4 atom stereocenters. The molecule has 1 aromatic rings. The number of nitrogens with zero attached hydrogens (tertiary/aromatic N) is 3. The van der Waals surface area contributed by atoms with Crippen LogP contribution in [0.4, 0.5) is 5.82 Å². The third-order valence-electron chi connectivity index (χ3n) is 2.89. The van der Waals surface area contributed by atoms with E-state index in [1.54, 1.807) is 6.07 Å². The molecule has 0 saturated carbocycles. The highest BCUT2D eigenvalue weighted by molar-refractivity contribution is 5.45. The van der Waals surface area contributed by atoms with Crippen molar-refractivity contribution in [3.63, 3.8) is 0 Å². The Morgan fingerprint density at radius 3 is 2.74 bits per heavy atom. The molecule has 0 spiro atoms. The number of nitrogens with two attached hydrogens (primary N) is 1. The molecule has 0 radical (unpaired) electrons. The second kappa shape index (κ2) is 4.94. The minimum atomic E-state index is -1.42. The highest BCUT2D eigenvalue weighted by atomic mass is 16.6. The van der Waals surface area contributed by atoms with E-state index < -0.39 is 36.8 Å². The molecule has 1 aliphatic heterocycles. The summed E-state index contributed by atoms with van der Waals surface area (Å²) in [5.41, 5.74) is 4.49. The lowest BCUT2D eigenvalue weighted by molar-refractivity contribution is -0.0549. The zero-order valence-electron chi connectivity index (χ0n) is 9.67. The Kier molecular flexibility index (Phi) is 3.50. The van der Waals surface area contributed by atoms with Crippen LogP contribution in [0.2, 0.25) is 0 Å². The molecule has 102 valence electrons. The molecule has 0 unspecified atom stereocenters. The van der Waals surface area contributed by atoms with Crippen LogP contribution in [0, 0.1) is 11.3 Å². The maximum Gasteiger partial charge on any atom is 0.351 e. The molecule has 0 amide bonds. The molecule has 0 aliphatic carbocycles. The smallest absolute Gasteiger partial charge is 0.351 e. The van der Waals surface area contributed by atoms with Gasteiger partial charge in [-0.3, -0.25) is 4.57 Å². The molecule has 1 fully saturated rings. The number of aliphatic hydroxyl groups excluding tert-OH is 3. The van der Waals surface area contributed by atoms with Crippen molar-refractivity contribution in [1.82, 2.24) is 9.55 Å². The fourth-order valence-corrected chi connectivity index (χ4v) is 1.86. The van der Waals surface area contributed by atoms with Gasteiger partial charge in [-0.15, -0.1) is 0 Å². The van der Waals surface area contributed by atoms with Gasteiger partial charge in [0, 0.05) is 6.20 Å². The Morgan fingerprint density at radius 2 is 2.21 bits per heavy atom. The summed E-state index contributed by atoms with van der Waals surface area (Å²) in [6.45, 7) is -0.517. The van der Waals surface area contributed by atoms with E-state index in [4.69, 9.17) is 20.8 Å². The van der Waals surface area contributed by atoms with Gasteiger partial charge in [-0.25, -0.2) is 4.79 Å². The Hall–Kier alpha value is -1.99. The van der Waals surface area contributed by atoms with E-state index in [1.807, 2.05) is 0 Å². The van der Waals surface area contributed by atoms with E-state index in [2.05, 4.69) is 4.98 Å². The van der Waals surface area contributed by atoms with E-state index >= 15 is 0 Å². The van der Waals surface area contributed by atoms with Gasteiger partial charge in [0.15, 0.2) is 6.23 Å². The van der Waals surface area contributed by atoms with Gasteiger partial charge in [0.1, 0.15) is 35.8 Å². The number of aromatic nitrogens is 2. The summed E-state index contributed by atoms with van der Waals surface area (Å²) in [7, 11) is 0. The molecule has 2 heterocycles. The molecule has 9 nitrogen and oxygen atoms in total. The minimum absolute atomic E-state index is 0.0580. The number of rotatable bonds is 2. The van der Waals surface area contributed by atoms with Crippen LogP contribution in [0.3, 0.4) is 0 Å². The number of ether oxygens (including phenoxy) is 1. The van der Waals surface area contributed by atoms with Gasteiger partial charge >= 0.3 is 5.69 Å². The summed E-state index contributed by atoms with van der Waals surface area (Å²) in [6, 6.07) is 1.74. The molecule has 1 aromatic heterocycles. The quantitative estimate of drug-likeness (QED) is 0.452. The molecule has 5 N–H and O–H groups in total. The summed E-state index contributed by atoms with van der Waals surface area (Å²) in [5, 5.41) is 37.2. The first kappa shape index (κ1) is 13.4. The average molecular weight is 268 g/mol. The van der Waals surface area contributed by atoms with E-state index in [9.17, 15) is 15.0 Å². The van der Waals surface area contributed by atoms with E-state index in [-0.39, 0.29) is 11.4 Å². The van der Waals surface area contributed by atoms with Gasteiger partial charge in [-0.1, -0.05) is 0 Å². The van der Waals surface area contributed by atoms with Crippen molar-refractivity contribution >= 4 is 5.82 Å². The molecule has 2 rings (SSSR count). The fraction of sp³-hybridized carbons (Fsp3) is 0.500. The zero-order chi connectivity index (χ0) is 14.2. The molecule has 0 aromatic carbocycles. The van der Waals surface area contributed by atoms with Gasteiger partial charge in [0.2, 0.25) is 0 Å². The van der Waals surface area contributed by atoms with Crippen molar-refractivity contribution in [3.8, 4) is 6.07 Å². The predicted molar refractivity (Wildman–Crippen MR) is 60.6 cm³/mol. The van der Waals surface area contributed by atoms with Crippen LogP contribution in [-0.2, 0) is 4.74 Å². The summed E-state index contributed by atoms with van der Waals surface area (Å²) in [4.78, 5) is 15.1. The lowest BCUT2D eigenvalue weighted by atomic mass is 10.1. The SMILES string of the molecule is N#Cc1cn([C@@H]2O[C@H](CO)[C@@H](O)[C@H]2O)c(=O)nc1N. The Morgan fingerprint density at radius 1 is 1.53 bits per heavy atom. The third kappa shape index (κ3) is 2.18. The van der Waals surface area contributed by atoms with Crippen molar-refractivity contribution in [1.29, 1.82) is 5.26 Å². The average Bonchev–Trinajstić information content (AvgIpc) is 2.67. The van der Waals surface area contributed by atoms with Gasteiger partial charge in [0.25, 0.3) is 0 Å². The van der Waals surface area contributed by atoms with Crippen LogP contribution in [0.5, 0.6) is 0 Å². The third-order valence-corrected chi connectivity index (χ3v) is 2.89. The first-order valence-corrected chi connectivity index (χ1v) is 5.40. The topological polar surface area (TPSA) is 155 Å². The monoisotopic (exact) mass is 268 g/mol. The maximum absolute atomic E-state index is 11.7. The van der Waals surface area contributed by atoms with Gasteiger partial charge in [0.05, 0.1) is 6.61 Å². The highest BCUT2D eigenvalue weighted by Crippen LogP contribution is 2.28. The zero-order valence-corrected chi connectivity index (χ0v) is 9.67. The predicted octanol–water partition coefficient (Wildman–Crippen LogP) is -2.69. The van der Waals surface area contributed by atoms with E-state index in [0.29, 0.717) is 0 Å². The number of hydrogen-bond acceptors (Lipinski definition) is 8. The summed E-state index contributed by atoms with van der Waals surface area (Å²) >= 11 is 0.